The minimum Gasteiger partial charge on any atom is -0.309 e. The van der Waals surface area contributed by atoms with E-state index >= 15 is 0 Å². The Bertz CT molecular complexity index is 347. The van der Waals surface area contributed by atoms with Crippen molar-refractivity contribution >= 4 is 11.6 Å². The van der Waals surface area contributed by atoms with Crippen LogP contribution < -0.4 is 5.32 Å². The van der Waals surface area contributed by atoms with Crippen molar-refractivity contribution in [1.82, 2.24) is 10.2 Å². The molecule has 1 unspecified atom stereocenters. The van der Waals surface area contributed by atoms with Gasteiger partial charge < -0.3 is 10.2 Å². The normalized spacial score (nSPS) is 13.0. The summed E-state index contributed by atoms with van der Waals surface area (Å²) in [6.07, 6.45) is 0. The summed E-state index contributed by atoms with van der Waals surface area (Å²) in [6, 6.07) is 5.09. The van der Waals surface area contributed by atoms with Gasteiger partial charge >= 0.3 is 0 Å². The molecule has 18 heavy (non-hydrogen) atoms. The fourth-order valence-corrected chi connectivity index (χ4v) is 2.14. The zero-order chi connectivity index (χ0) is 13.5. The molecule has 0 saturated heterocycles. The molecular weight excluding hydrogens is 251 g/mol. The Morgan fingerprint density at radius 3 is 2.56 bits per heavy atom. The molecule has 102 valence electrons. The fraction of sp³-hybridized carbons (Fsp3) is 0.571. The zero-order valence-corrected chi connectivity index (χ0v) is 12.1. The van der Waals surface area contributed by atoms with Crippen molar-refractivity contribution in [3.63, 3.8) is 0 Å². The molecule has 0 fully saturated rings. The van der Waals surface area contributed by atoms with E-state index < -0.39 is 0 Å². The van der Waals surface area contributed by atoms with E-state index in [1.807, 2.05) is 0 Å². The number of nitrogens with one attached hydrogen (secondary N) is 1. The Labute approximate surface area is 114 Å². The third-order valence-electron chi connectivity index (χ3n) is 3.12. The molecule has 0 amide bonds. The highest BCUT2D eigenvalue weighted by molar-refractivity contribution is 6.31. The summed E-state index contributed by atoms with van der Waals surface area (Å²) in [5.41, 5.74) is 0.547. The maximum atomic E-state index is 13.6. The molecule has 0 bridgehead atoms. The number of hydrogen-bond acceptors (Lipinski definition) is 2. The lowest BCUT2D eigenvalue weighted by Crippen LogP contribution is -2.38. The molecular formula is C14H22ClFN2. The predicted molar refractivity (Wildman–Crippen MR) is 75.5 cm³/mol. The van der Waals surface area contributed by atoms with Crippen molar-refractivity contribution in [3.8, 4) is 0 Å². The number of hydrogen-bond donors (Lipinski definition) is 1. The first-order valence-electron chi connectivity index (χ1n) is 6.47. The van der Waals surface area contributed by atoms with Gasteiger partial charge in [0.2, 0.25) is 0 Å². The van der Waals surface area contributed by atoms with Crippen molar-refractivity contribution in [2.75, 3.05) is 19.6 Å². The quantitative estimate of drug-likeness (QED) is 0.819. The molecule has 0 aliphatic carbocycles. The predicted octanol–water partition coefficient (Wildman–Crippen LogP) is 3.30. The van der Waals surface area contributed by atoms with Crippen molar-refractivity contribution < 1.29 is 4.39 Å². The average molecular weight is 273 g/mol. The van der Waals surface area contributed by atoms with Crippen LogP contribution in [0.2, 0.25) is 5.02 Å². The van der Waals surface area contributed by atoms with Gasteiger partial charge in [0.05, 0.1) is 0 Å². The van der Waals surface area contributed by atoms with Crippen LogP contribution in [0.25, 0.3) is 0 Å². The molecule has 0 heterocycles. The van der Waals surface area contributed by atoms with E-state index in [2.05, 4.69) is 31.0 Å². The van der Waals surface area contributed by atoms with Gasteiger partial charge in [0.15, 0.2) is 0 Å². The number of likely N-dealkylation sites (N-methyl/N-ethyl adjacent to an activating group) is 1. The molecule has 1 rings (SSSR count). The third kappa shape index (κ3) is 4.56. The standard InChI is InChI=1S/C14H22ClFN2/c1-4-18(5-2)10-11(3)17-9-12-13(15)7-6-8-14(12)16/h6-8,11,17H,4-5,9-10H2,1-3H3. The maximum absolute atomic E-state index is 13.6. The molecule has 0 aliphatic heterocycles. The number of rotatable bonds is 7. The molecule has 0 aliphatic rings. The zero-order valence-electron chi connectivity index (χ0n) is 11.3. The summed E-state index contributed by atoms with van der Waals surface area (Å²) in [5.74, 6) is -0.245. The first kappa shape index (κ1) is 15.4. The van der Waals surface area contributed by atoms with Crippen LogP contribution >= 0.6 is 11.6 Å². The van der Waals surface area contributed by atoms with Crippen LogP contribution in [0, 0.1) is 5.82 Å². The SMILES string of the molecule is CCN(CC)CC(C)NCc1c(F)cccc1Cl. The second-order valence-corrected chi connectivity index (χ2v) is 4.88. The van der Waals surface area contributed by atoms with Crippen LogP contribution in [-0.2, 0) is 6.54 Å². The summed E-state index contributed by atoms with van der Waals surface area (Å²) in [7, 11) is 0. The Morgan fingerprint density at radius 1 is 1.33 bits per heavy atom. The Hall–Kier alpha value is -0.640. The van der Waals surface area contributed by atoms with Gasteiger partial charge in [0, 0.05) is 29.7 Å². The van der Waals surface area contributed by atoms with E-state index in [0.29, 0.717) is 23.2 Å². The third-order valence-corrected chi connectivity index (χ3v) is 3.47. The highest BCUT2D eigenvalue weighted by Crippen LogP contribution is 2.18. The lowest BCUT2D eigenvalue weighted by Gasteiger charge is -2.23. The van der Waals surface area contributed by atoms with Crippen molar-refractivity contribution in [2.24, 2.45) is 0 Å². The van der Waals surface area contributed by atoms with E-state index in [-0.39, 0.29) is 5.82 Å². The smallest absolute Gasteiger partial charge is 0.129 e. The van der Waals surface area contributed by atoms with Gasteiger partial charge in [0.1, 0.15) is 5.82 Å². The lowest BCUT2D eigenvalue weighted by atomic mass is 10.2. The Balaban J connectivity index is 2.49. The van der Waals surface area contributed by atoms with Gasteiger partial charge in [-0.25, -0.2) is 4.39 Å². The van der Waals surface area contributed by atoms with Crippen molar-refractivity contribution in [3.05, 3.63) is 34.6 Å². The van der Waals surface area contributed by atoms with Crippen LogP contribution in [0.5, 0.6) is 0 Å². The minimum absolute atomic E-state index is 0.245. The molecule has 1 aromatic carbocycles. The first-order chi connectivity index (χ1) is 8.58. The molecule has 2 nitrogen and oxygen atoms in total. The van der Waals surface area contributed by atoms with E-state index in [9.17, 15) is 4.39 Å². The van der Waals surface area contributed by atoms with Gasteiger partial charge in [-0.2, -0.15) is 0 Å². The van der Waals surface area contributed by atoms with Crippen LogP contribution in [0.1, 0.15) is 26.3 Å². The second kappa shape index (κ2) is 7.72. The average Bonchev–Trinajstić information content (AvgIpc) is 2.35. The number of benzene rings is 1. The maximum Gasteiger partial charge on any atom is 0.129 e. The Kier molecular flexibility index (Phi) is 6.61. The molecule has 1 aromatic rings. The van der Waals surface area contributed by atoms with E-state index in [1.165, 1.54) is 6.07 Å². The molecule has 1 atom stereocenters. The molecule has 0 spiro atoms. The van der Waals surface area contributed by atoms with Crippen LogP contribution in [0.15, 0.2) is 18.2 Å². The second-order valence-electron chi connectivity index (χ2n) is 4.47. The summed E-state index contributed by atoms with van der Waals surface area (Å²) in [4.78, 5) is 2.33. The molecule has 0 radical (unpaired) electrons. The van der Waals surface area contributed by atoms with Crippen LogP contribution in [0.3, 0.4) is 0 Å². The van der Waals surface area contributed by atoms with Gasteiger partial charge in [0.25, 0.3) is 0 Å². The van der Waals surface area contributed by atoms with Crippen molar-refractivity contribution in [1.29, 1.82) is 0 Å². The van der Waals surface area contributed by atoms with Gasteiger partial charge in [-0.05, 0) is 32.1 Å². The largest absolute Gasteiger partial charge is 0.309 e. The molecule has 1 N–H and O–H groups in total. The highest BCUT2D eigenvalue weighted by Gasteiger charge is 2.10. The topological polar surface area (TPSA) is 15.3 Å². The first-order valence-corrected chi connectivity index (χ1v) is 6.84. The summed E-state index contributed by atoms with van der Waals surface area (Å²) < 4.78 is 13.6. The summed E-state index contributed by atoms with van der Waals surface area (Å²) >= 11 is 5.98. The Morgan fingerprint density at radius 2 is 2.00 bits per heavy atom. The highest BCUT2D eigenvalue weighted by atomic mass is 35.5. The molecule has 0 aromatic heterocycles. The van der Waals surface area contributed by atoms with Gasteiger partial charge in [-0.15, -0.1) is 0 Å². The van der Waals surface area contributed by atoms with E-state index in [4.69, 9.17) is 11.6 Å². The molecule has 4 heteroatoms. The van der Waals surface area contributed by atoms with E-state index in [0.717, 1.165) is 19.6 Å². The van der Waals surface area contributed by atoms with Crippen LogP contribution in [0.4, 0.5) is 4.39 Å². The van der Waals surface area contributed by atoms with Crippen LogP contribution in [-0.4, -0.2) is 30.6 Å². The van der Waals surface area contributed by atoms with Crippen molar-refractivity contribution in [2.45, 2.75) is 33.4 Å². The lowest BCUT2D eigenvalue weighted by molar-refractivity contribution is 0.270. The van der Waals surface area contributed by atoms with Gasteiger partial charge in [-0.1, -0.05) is 31.5 Å². The van der Waals surface area contributed by atoms with E-state index in [1.54, 1.807) is 12.1 Å². The number of nitrogens with zero attached hydrogens (tertiary/aromatic N) is 1. The minimum atomic E-state index is -0.245. The summed E-state index contributed by atoms with van der Waals surface area (Å²) in [5, 5.41) is 3.80. The number of halogens is 2. The van der Waals surface area contributed by atoms with Gasteiger partial charge in [-0.3, -0.25) is 0 Å². The monoisotopic (exact) mass is 272 g/mol. The fourth-order valence-electron chi connectivity index (χ4n) is 1.91. The molecule has 0 saturated carbocycles. The summed E-state index contributed by atoms with van der Waals surface area (Å²) in [6.45, 7) is 9.87.